The molecule has 2 aromatic carbocycles. The van der Waals surface area contributed by atoms with E-state index in [1.54, 1.807) is 0 Å². The summed E-state index contributed by atoms with van der Waals surface area (Å²) in [5, 5.41) is 4.90. The number of pyridine rings is 1. The highest BCUT2D eigenvalue weighted by Gasteiger charge is 2.42. The number of aromatic nitrogens is 2. The zero-order chi connectivity index (χ0) is 21.4. The number of aryl methyl sites for hydroxylation is 1. The topological polar surface area (TPSA) is 33.1 Å². The zero-order valence-corrected chi connectivity index (χ0v) is 18.5. The first-order valence-electron chi connectivity index (χ1n) is 10.1. The lowest BCUT2D eigenvalue weighted by Crippen LogP contribution is -2.30. The number of nitrogens with one attached hydrogen (secondary N) is 1. The van der Waals surface area contributed by atoms with Crippen LogP contribution < -0.4 is 10.2 Å². The van der Waals surface area contributed by atoms with Crippen molar-refractivity contribution in [1.82, 2.24) is 14.9 Å². The molecule has 1 aliphatic heterocycles. The van der Waals surface area contributed by atoms with Crippen LogP contribution in [0.4, 0.5) is 5.69 Å². The van der Waals surface area contributed by atoms with Crippen molar-refractivity contribution >= 4 is 34.6 Å². The SMILES string of the molecule is Cc1ccc(N2C(=S)N[C@H](c3ccccn3)[C@H]2c2cccn2-c2cccc(Cl)c2)cc1. The van der Waals surface area contributed by atoms with Crippen LogP contribution in [-0.4, -0.2) is 14.7 Å². The average Bonchev–Trinajstić information content (AvgIpc) is 3.39. The van der Waals surface area contributed by atoms with Crippen molar-refractivity contribution in [3.05, 3.63) is 113 Å². The van der Waals surface area contributed by atoms with Gasteiger partial charge >= 0.3 is 0 Å². The van der Waals surface area contributed by atoms with Crippen LogP contribution in [0.3, 0.4) is 0 Å². The minimum atomic E-state index is -0.0946. The molecule has 0 saturated carbocycles. The van der Waals surface area contributed by atoms with Gasteiger partial charge in [-0.25, -0.2) is 0 Å². The lowest BCUT2D eigenvalue weighted by atomic mass is 10.0. The van der Waals surface area contributed by atoms with Gasteiger partial charge < -0.3 is 14.8 Å². The molecule has 0 aliphatic carbocycles. The van der Waals surface area contributed by atoms with Crippen molar-refractivity contribution < 1.29 is 0 Å². The smallest absolute Gasteiger partial charge is 0.174 e. The first-order chi connectivity index (χ1) is 15.1. The number of rotatable bonds is 4. The Morgan fingerprint density at radius 2 is 1.77 bits per heavy atom. The molecule has 2 aromatic heterocycles. The van der Waals surface area contributed by atoms with Crippen LogP contribution in [-0.2, 0) is 0 Å². The minimum absolute atomic E-state index is 0.0842. The van der Waals surface area contributed by atoms with Gasteiger partial charge in [0.25, 0.3) is 0 Å². The Morgan fingerprint density at radius 3 is 2.52 bits per heavy atom. The summed E-state index contributed by atoms with van der Waals surface area (Å²) in [6.45, 7) is 2.09. The maximum Gasteiger partial charge on any atom is 0.174 e. The molecule has 1 fully saturated rings. The molecule has 31 heavy (non-hydrogen) atoms. The molecular weight excluding hydrogens is 424 g/mol. The van der Waals surface area contributed by atoms with Crippen LogP contribution >= 0.6 is 23.8 Å². The number of halogens is 1. The molecule has 4 aromatic rings. The molecule has 3 heterocycles. The predicted molar refractivity (Wildman–Crippen MR) is 130 cm³/mol. The second kappa shape index (κ2) is 8.17. The molecule has 5 rings (SSSR count). The third-order valence-corrected chi connectivity index (χ3v) is 6.13. The first-order valence-corrected chi connectivity index (χ1v) is 10.9. The fraction of sp³-hybridized carbons (Fsp3) is 0.120. The Bertz CT molecular complexity index is 1220. The van der Waals surface area contributed by atoms with E-state index in [0.29, 0.717) is 10.1 Å². The largest absolute Gasteiger partial charge is 0.351 e. The molecule has 0 spiro atoms. The molecule has 2 atom stereocenters. The summed E-state index contributed by atoms with van der Waals surface area (Å²) in [5.74, 6) is 0. The predicted octanol–water partition coefficient (Wildman–Crippen LogP) is 6.01. The molecule has 1 N–H and O–H groups in total. The number of hydrogen-bond acceptors (Lipinski definition) is 2. The van der Waals surface area contributed by atoms with Gasteiger partial charge in [0, 0.05) is 34.5 Å². The summed E-state index contributed by atoms with van der Waals surface area (Å²) in [4.78, 5) is 6.82. The highest BCUT2D eigenvalue weighted by molar-refractivity contribution is 7.80. The molecule has 0 unspecified atom stereocenters. The van der Waals surface area contributed by atoms with Gasteiger partial charge in [0.1, 0.15) is 6.04 Å². The van der Waals surface area contributed by atoms with E-state index in [9.17, 15) is 0 Å². The maximum absolute atomic E-state index is 6.29. The van der Waals surface area contributed by atoms with E-state index in [1.807, 2.05) is 42.6 Å². The van der Waals surface area contributed by atoms with Crippen molar-refractivity contribution in [3.8, 4) is 5.69 Å². The standard InChI is InChI=1S/C25H21ClN4S/c1-17-10-12-19(13-11-17)30-24(23(28-25(30)31)21-8-2-3-14-27-21)22-9-5-15-29(22)20-7-4-6-18(26)16-20/h2-16,23-24H,1H3,(H,28,31)/t23-,24-/m1/s1. The summed E-state index contributed by atoms with van der Waals surface area (Å²) < 4.78 is 2.17. The summed E-state index contributed by atoms with van der Waals surface area (Å²) in [6, 6.07) is 26.3. The fourth-order valence-electron chi connectivity index (χ4n) is 4.14. The molecule has 6 heteroatoms. The summed E-state index contributed by atoms with van der Waals surface area (Å²) in [7, 11) is 0. The van der Waals surface area contributed by atoms with Crippen LogP contribution in [0.1, 0.15) is 29.0 Å². The number of nitrogens with zero attached hydrogens (tertiary/aromatic N) is 3. The van der Waals surface area contributed by atoms with Gasteiger partial charge in [0.05, 0.1) is 11.7 Å². The molecule has 154 valence electrons. The number of anilines is 1. The molecule has 1 saturated heterocycles. The van der Waals surface area contributed by atoms with Gasteiger partial charge in [-0.15, -0.1) is 0 Å². The Hall–Kier alpha value is -3.15. The zero-order valence-electron chi connectivity index (χ0n) is 16.9. The van der Waals surface area contributed by atoms with Crippen LogP contribution in [0.5, 0.6) is 0 Å². The third-order valence-electron chi connectivity index (χ3n) is 5.58. The lowest BCUT2D eigenvalue weighted by molar-refractivity contribution is 0.549. The second-order valence-corrected chi connectivity index (χ2v) is 8.44. The van der Waals surface area contributed by atoms with Crippen molar-refractivity contribution in [3.63, 3.8) is 0 Å². The van der Waals surface area contributed by atoms with E-state index in [0.717, 1.165) is 22.8 Å². The monoisotopic (exact) mass is 444 g/mol. The Kier molecular flexibility index (Phi) is 5.22. The van der Waals surface area contributed by atoms with Gasteiger partial charge in [-0.3, -0.25) is 4.98 Å². The van der Waals surface area contributed by atoms with Crippen molar-refractivity contribution in [2.24, 2.45) is 0 Å². The second-order valence-electron chi connectivity index (χ2n) is 7.62. The van der Waals surface area contributed by atoms with Crippen molar-refractivity contribution in [2.45, 2.75) is 19.0 Å². The quantitative estimate of drug-likeness (QED) is 0.391. The molecule has 0 amide bonds. The van der Waals surface area contributed by atoms with Crippen molar-refractivity contribution in [2.75, 3.05) is 4.90 Å². The van der Waals surface area contributed by atoms with Crippen LogP contribution in [0.2, 0.25) is 5.02 Å². The van der Waals surface area contributed by atoms with Gasteiger partial charge in [0.2, 0.25) is 0 Å². The molecule has 0 radical (unpaired) electrons. The van der Waals surface area contributed by atoms with Crippen molar-refractivity contribution in [1.29, 1.82) is 0 Å². The average molecular weight is 445 g/mol. The van der Waals surface area contributed by atoms with Gasteiger partial charge in [-0.2, -0.15) is 0 Å². The van der Waals surface area contributed by atoms with Gasteiger partial charge in [0.15, 0.2) is 5.11 Å². The summed E-state index contributed by atoms with van der Waals surface area (Å²) >= 11 is 12.1. The van der Waals surface area contributed by atoms with Gasteiger partial charge in [-0.1, -0.05) is 41.4 Å². The first kappa shape index (κ1) is 19.8. The number of thiocarbonyl (C=S) groups is 1. The van der Waals surface area contributed by atoms with E-state index in [-0.39, 0.29) is 12.1 Å². The highest BCUT2D eigenvalue weighted by atomic mass is 35.5. The lowest BCUT2D eigenvalue weighted by Gasteiger charge is -2.29. The number of benzene rings is 2. The molecule has 4 nitrogen and oxygen atoms in total. The van der Waals surface area contributed by atoms with Gasteiger partial charge in [-0.05, 0) is 73.7 Å². The summed E-state index contributed by atoms with van der Waals surface area (Å²) in [5.41, 5.74) is 5.32. The Labute approximate surface area is 192 Å². The Morgan fingerprint density at radius 1 is 0.935 bits per heavy atom. The Balaban J connectivity index is 1.67. The fourth-order valence-corrected chi connectivity index (χ4v) is 4.67. The minimum Gasteiger partial charge on any atom is -0.351 e. The molecule has 0 bridgehead atoms. The maximum atomic E-state index is 6.29. The normalized spacial score (nSPS) is 18.3. The summed E-state index contributed by atoms with van der Waals surface area (Å²) in [6.07, 6.45) is 3.88. The van der Waals surface area contributed by atoms with E-state index >= 15 is 0 Å². The third kappa shape index (κ3) is 3.71. The molecule has 1 aliphatic rings. The van der Waals surface area contributed by atoms with E-state index in [2.05, 4.69) is 75.4 Å². The van der Waals surface area contributed by atoms with Crippen LogP contribution in [0, 0.1) is 6.92 Å². The number of hydrogen-bond donors (Lipinski definition) is 1. The van der Waals surface area contributed by atoms with E-state index in [4.69, 9.17) is 23.8 Å². The van der Waals surface area contributed by atoms with Crippen LogP contribution in [0.15, 0.2) is 91.3 Å². The van der Waals surface area contributed by atoms with E-state index < -0.39 is 0 Å². The van der Waals surface area contributed by atoms with Crippen LogP contribution in [0.25, 0.3) is 5.69 Å². The highest BCUT2D eigenvalue weighted by Crippen LogP contribution is 2.42. The molecular formula is C25H21ClN4S. The van der Waals surface area contributed by atoms with E-state index in [1.165, 1.54) is 5.56 Å².